The molecule has 148 valence electrons. The summed E-state index contributed by atoms with van der Waals surface area (Å²) in [5, 5.41) is 5.43. The molecule has 3 aromatic carbocycles. The summed E-state index contributed by atoms with van der Waals surface area (Å²) in [6.07, 6.45) is 0. The number of amides is 3. The Morgan fingerprint density at radius 1 is 0.759 bits per heavy atom. The molecule has 6 heteroatoms. The van der Waals surface area contributed by atoms with Crippen LogP contribution in [-0.2, 0) is 19.7 Å². The normalized spacial score (nSPS) is 10.2. The standard InChI is InChI=1S/C23H23N3O3/c24-23(28)26-14-17-10-12-19(13-11-17)22(27)25-15-20-8-4-5-9-21(20)29-16-18-6-2-1-3-7-18/h1-13H,14-16H2,(H,25,27)(H3,24,26,28). The van der Waals surface area contributed by atoms with Crippen LogP contribution < -0.4 is 21.1 Å². The lowest BCUT2D eigenvalue weighted by atomic mass is 10.1. The van der Waals surface area contributed by atoms with Gasteiger partial charge < -0.3 is 21.1 Å². The Bertz CT molecular complexity index is 957. The first-order chi connectivity index (χ1) is 14.1. The highest BCUT2D eigenvalue weighted by Crippen LogP contribution is 2.19. The molecule has 3 amide bonds. The average Bonchev–Trinajstić information content (AvgIpc) is 2.76. The summed E-state index contributed by atoms with van der Waals surface area (Å²) in [4.78, 5) is 23.2. The molecule has 3 aromatic rings. The van der Waals surface area contributed by atoms with Gasteiger partial charge >= 0.3 is 6.03 Å². The summed E-state index contributed by atoms with van der Waals surface area (Å²) >= 11 is 0. The summed E-state index contributed by atoms with van der Waals surface area (Å²) in [6, 6.07) is 24.0. The first-order valence-corrected chi connectivity index (χ1v) is 9.27. The number of nitrogens with one attached hydrogen (secondary N) is 2. The monoisotopic (exact) mass is 389 g/mol. The molecular weight excluding hydrogens is 366 g/mol. The molecule has 0 aliphatic heterocycles. The number of benzene rings is 3. The van der Waals surface area contributed by atoms with E-state index >= 15 is 0 Å². The molecule has 0 aliphatic rings. The van der Waals surface area contributed by atoms with E-state index in [9.17, 15) is 9.59 Å². The number of urea groups is 1. The molecule has 3 rings (SSSR count). The predicted molar refractivity (Wildman–Crippen MR) is 111 cm³/mol. The third kappa shape index (κ3) is 6.10. The van der Waals surface area contributed by atoms with Crippen molar-refractivity contribution in [1.29, 1.82) is 0 Å². The first-order valence-electron chi connectivity index (χ1n) is 9.27. The van der Waals surface area contributed by atoms with Gasteiger partial charge in [-0.3, -0.25) is 4.79 Å². The van der Waals surface area contributed by atoms with Gasteiger partial charge in [0.15, 0.2) is 0 Å². The number of primary amides is 1. The van der Waals surface area contributed by atoms with E-state index in [1.165, 1.54) is 0 Å². The van der Waals surface area contributed by atoms with Gasteiger partial charge in [0.1, 0.15) is 12.4 Å². The molecule has 29 heavy (non-hydrogen) atoms. The highest BCUT2D eigenvalue weighted by molar-refractivity contribution is 5.94. The van der Waals surface area contributed by atoms with E-state index in [2.05, 4.69) is 10.6 Å². The SMILES string of the molecule is NC(=O)NCc1ccc(C(=O)NCc2ccccc2OCc2ccccc2)cc1. The van der Waals surface area contributed by atoms with Crippen molar-refractivity contribution in [2.45, 2.75) is 19.7 Å². The summed E-state index contributed by atoms with van der Waals surface area (Å²) in [7, 11) is 0. The quantitative estimate of drug-likeness (QED) is 0.551. The van der Waals surface area contributed by atoms with Gasteiger partial charge in [-0.05, 0) is 29.3 Å². The molecule has 0 aromatic heterocycles. The van der Waals surface area contributed by atoms with Crippen LogP contribution in [0.25, 0.3) is 0 Å². The molecule has 0 unspecified atom stereocenters. The minimum atomic E-state index is -0.583. The summed E-state index contributed by atoms with van der Waals surface area (Å²) in [5.74, 6) is 0.557. The second kappa shape index (κ2) is 9.94. The van der Waals surface area contributed by atoms with Crippen molar-refractivity contribution >= 4 is 11.9 Å². The molecule has 0 saturated heterocycles. The number of carbonyl (C=O) groups is 2. The van der Waals surface area contributed by atoms with E-state index in [1.807, 2.05) is 54.6 Å². The van der Waals surface area contributed by atoms with Gasteiger partial charge in [0, 0.05) is 24.2 Å². The zero-order valence-electron chi connectivity index (χ0n) is 15.9. The molecule has 0 heterocycles. The van der Waals surface area contributed by atoms with E-state index in [0.717, 1.165) is 22.4 Å². The van der Waals surface area contributed by atoms with Crippen LogP contribution in [0.15, 0.2) is 78.9 Å². The topological polar surface area (TPSA) is 93.5 Å². The molecule has 0 radical (unpaired) electrons. The minimum absolute atomic E-state index is 0.183. The lowest BCUT2D eigenvalue weighted by Crippen LogP contribution is -2.28. The Morgan fingerprint density at radius 2 is 1.45 bits per heavy atom. The van der Waals surface area contributed by atoms with Crippen LogP contribution in [0.2, 0.25) is 0 Å². The highest BCUT2D eigenvalue weighted by Gasteiger charge is 2.08. The van der Waals surface area contributed by atoms with Crippen LogP contribution in [0.4, 0.5) is 4.79 Å². The van der Waals surface area contributed by atoms with Crippen LogP contribution in [0.3, 0.4) is 0 Å². The average molecular weight is 389 g/mol. The number of nitrogens with two attached hydrogens (primary N) is 1. The Balaban J connectivity index is 1.56. The number of hydrogen-bond donors (Lipinski definition) is 3. The Hall–Kier alpha value is -3.80. The number of rotatable bonds is 8. The van der Waals surface area contributed by atoms with Crippen molar-refractivity contribution in [1.82, 2.24) is 10.6 Å². The van der Waals surface area contributed by atoms with Crippen LogP contribution in [-0.4, -0.2) is 11.9 Å². The second-order valence-corrected chi connectivity index (χ2v) is 6.48. The van der Waals surface area contributed by atoms with E-state index < -0.39 is 6.03 Å². The van der Waals surface area contributed by atoms with Gasteiger partial charge in [0.25, 0.3) is 5.91 Å². The van der Waals surface area contributed by atoms with Crippen LogP contribution in [0, 0.1) is 0 Å². The van der Waals surface area contributed by atoms with Crippen molar-refractivity contribution < 1.29 is 14.3 Å². The van der Waals surface area contributed by atoms with Crippen molar-refractivity contribution in [3.63, 3.8) is 0 Å². The van der Waals surface area contributed by atoms with Crippen molar-refractivity contribution in [3.8, 4) is 5.75 Å². The largest absolute Gasteiger partial charge is 0.489 e. The lowest BCUT2D eigenvalue weighted by Gasteiger charge is -2.12. The maximum Gasteiger partial charge on any atom is 0.312 e. The Kier molecular flexibility index (Phi) is 6.84. The summed E-state index contributed by atoms with van der Waals surface area (Å²) in [6.45, 7) is 1.14. The molecule has 0 atom stereocenters. The van der Waals surface area contributed by atoms with Crippen LogP contribution >= 0.6 is 0 Å². The predicted octanol–water partition coefficient (Wildman–Crippen LogP) is 3.36. The van der Waals surface area contributed by atoms with E-state index in [0.29, 0.717) is 25.3 Å². The number of ether oxygens (including phenoxy) is 1. The fourth-order valence-electron chi connectivity index (χ4n) is 2.77. The van der Waals surface area contributed by atoms with Gasteiger partial charge in [-0.2, -0.15) is 0 Å². The zero-order valence-corrected chi connectivity index (χ0v) is 15.9. The van der Waals surface area contributed by atoms with Crippen LogP contribution in [0.1, 0.15) is 27.0 Å². The lowest BCUT2D eigenvalue weighted by molar-refractivity contribution is 0.0950. The van der Waals surface area contributed by atoms with Crippen molar-refractivity contribution in [2.75, 3.05) is 0 Å². The minimum Gasteiger partial charge on any atom is -0.489 e. The number of carbonyl (C=O) groups excluding carboxylic acids is 2. The molecular formula is C23H23N3O3. The third-order valence-electron chi connectivity index (χ3n) is 4.33. The van der Waals surface area contributed by atoms with E-state index in [4.69, 9.17) is 10.5 Å². The molecule has 6 nitrogen and oxygen atoms in total. The maximum absolute atomic E-state index is 12.4. The molecule has 0 spiro atoms. The number of hydrogen-bond acceptors (Lipinski definition) is 3. The van der Waals surface area contributed by atoms with Gasteiger partial charge in [-0.1, -0.05) is 60.7 Å². The Morgan fingerprint density at radius 3 is 2.17 bits per heavy atom. The zero-order chi connectivity index (χ0) is 20.5. The summed E-state index contributed by atoms with van der Waals surface area (Å²) < 4.78 is 5.93. The first kappa shape index (κ1) is 19.9. The summed E-state index contributed by atoms with van der Waals surface area (Å²) in [5.41, 5.74) is 8.44. The van der Waals surface area contributed by atoms with Gasteiger partial charge in [-0.15, -0.1) is 0 Å². The molecule has 0 saturated carbocycles. The second-order valence-electron chi connectivity index (χ2n) is 6.48. The van der Waals surface area contributed by atoms with Gasteiger partial charge in [-0.25, -0.2) is 4.79 Å². The van der Waals surface area contributed by atoms with Crippen molar-refractivity contribution in [3.05, 3.63) is 101 Å². The van der Waals surface area contributed by atoms with Gasteiger partial charge in [0.2, 0.25) is 0 Å². The molecule has 0 fully saturated rings. The number of para-hydroxylation sites is 1. The maximum atomic E-state index is 12.4. The van der Waals surface area contributed by atoms with E-state index in [-0.39, 0.29) is 5.91 Å². The Labute approximate surface area is 169 Å². The molecule has 4 N–H and O–H groups in total. The van der Waals surface area contributed by atoms with Gasteiger partial charge in [0.05, 0.1) is 0 Å². The van der Waals surface area contributed by atoms with Crippen LogP contribution in [0.5, 0.6) is 5.75 Å². The fourth-order valence-corrected chi connectivity index (χ4v) is 2.77. The highest BCUT2D eigenvalue weighted by atomic mass is 16.5. The smallest absolute Gasteiger partial charge is 0.312 e. The van der Waals surface area contributed by atoms with E-state index in [1.54, 1.807) is 24.3 Å². The third-order valence-corrected chi connectivity index (χ3v) is 4.33. The fraction of sp³-hybridized carbons (Fsp3) is 0.130. The van der Waals surface area contributed by atoms with Crippen molar-refractivity contribution in [2.24, 2.45) is 5.73 Å². The molecule has 0 aliphatic carbocycles. The molecule has 0 bridgehead atoms.